The van der Waals surface area contributed by atoms with Crippen LogP contribution in [0, 0.1) is 0 Å². The number of methoxy groups -OCH3 is 1. The van der Waals surface area contributed by atoms with Crippen LogP contribution in [0.25, 0.3) is 0 Å². The summed E-state index contributed by atoms with van der Waals surface area (Å²) < 4.78 is 17.5. The lowest BCUT2D eigenvalue weighted by molar-refractivity contribution is -0.139. The van der Waals surface area contributed by atoms with Crippen LogP contribution in [0.2, 0.25) is 0 Å². The Morgan fingerprint density at radius 2 is 1.91 bits per heavy atom. The second kappa shape index (κ2) is 10.3. The third-order valence-electron chi connectivity index (χ3n) is 5.87. The molecule has 1 amide bonds. The Hall–Kier alpha value is -3.01. The van der Waals surface area contributed by atoms with Gasteiger partial charge in [-0.1, -0.05) is 12.1 Å². The molecule has 0 radical (unpaired) electrons. The van der Waals surface area contributed by atoms with Crippen LogP contribution in [0.15, 0.2) is 29.2 Å². The van der Waals surface area contributed by atoms with E-state index in [-0.39, 0.29) is 24.3 Å². The van der Waals surface area contributed by atoms with Crippen LogP contribution in [-0.4, -0.2) is 58.0 Å². The van der Waals surface area contributed by atoms with Crippen LogP contribution in [0.3, 0.4) is 0 Å². The van der Waals surface area contributed by atoms with E-state index in [9.17, 15) is 13.8 Å². The Kier molecular flexibility index (Phi) is 7.22. The SMILES string of the molecule is COC(=O)Cc1ccc(Nc2nc(N3CCC(NC(C)=O)CC3)nc3c2[S@](=O)CCC3)cc1. The predicted molar refractivity (Wildman–Crippen MR) is 126 cm³/mol. The average Bonchev–Trinajstić information content (AvgIpc) is 2.80. The molecular weight excluding hydrogens is 442 g/mol. The number of amides is 1. The molecule has 9 nitrogen and oxygen atoms in total. The first-order valence-electron chi connectivity index (χ1n) is 11.2. The number of piperidine rings is 1. The van der Waals surface area contributed by atoms with Crippen molar-refractivity contribution in [1.29, 1.82) is 0 Å². The zero-order valence-electron chi connectivity index (χ0n) is 18.9. The van der Waals surface area contributed by atoms with Gasteiger partial charge < -0.3 is 20.3 Å². The van der Waals surface area contributed by atoms with E-state index in [2.05, 4.69) is 15.5 Å². The third-order valence-corrected chi connectivity index (χ3v) is 7.42. The molecule has 0 bridgehead atoms. The first kappa shape index (κ1) is 23.2. The number of rotatable bonds is 6. The number of nitrogens with zero attached hydrogens (tertiary/aromatic N) is 3. The highest BCUT2D eigenvalue weighted by Gasteiger charge is 2.27. The maximum absolute atomic E-state index is 12.8. The fraction of sp³-hybridized carbons (Fsp3) is 0.478. The summed E-state index contributed by atoms with van der Waals surface area (Å²) >= 11 is 0. The van der Waals surface area contributed by atoms with Gasteiger partial charge in [0, 0.05) is 37.5 Å². The number of benzene rings is 1. The summed E-state index contributed by atoms with van der Waals surface area (Å²) in [5.74, 6) is 1.49. The number of esters is 1. The maximum atomic E-state index is 12.8. The van der Waals surface area contributed by atoms with Crippen molar-refractivity contribution in [3.05, 3.63) is 35.5 Å². The van der Waals surface area contributed by atoms with E-state index in [0.717, 1.165) is 55.7 Å². The highest BCUT2D eigenvalue weighted by Crippen LogP contribution is 2.32. The zero-order chi connectivity index (χ0) is 23.4. The van der Waals surface area contributed by atoms with Gasteiger partial charge in [-0.2, -0.15) is 4.98 Å². The molecule has 4 rings (SSSR count). The van der Waals surface area contributed by atoms with Crippen LogP contribution in [0.5, 0.6) is 0 Å². The Morgan fingerprint density at radius 1 is 1.18 bits per heavy atom. The van der Waals surface area contributed by atoms with Gasteiger partial charge >= 0.3 is 5.97 Å². The molecule has 2 aliphatic rings. The molecule has 1 aromatic heterocycles. The summed E-state index contributed by atoms with van der Waals surface area (Å²) in [6.45, 7) is 3.03. The van der Waals surface area contributed by atoms with Crippen molar-refractivity contribution in [3.8, 4) is 0 Å². The highest BCUT2D eigenvalue weighted by atomic mass is 32.2. The highest BCUT2D eigenvalue weighted by molar-refractivity contribution is 7.85. The van der Waals surface area contributed by atoms with Crippen molar-refractivity contribution in [1.82, 2.24) is 15.3 Å². The van der Waals surface area contributed by atoms with Gasteiger partial charge in [0.15, 0.2) is 5.82 Å². The lowest BCUT2D eigenvalue weighted by atomic mass is 10.1. The number of aromatic nitrogens is 2. The van der Waals surface area contributed by atoms with Crippen LogP contribution in [-0.2, 0) is 38.0 Å². The Morgan fingerprint density at radius 3 is 2.58 bits per heavy atom. The molecule has 3 heterocycles. The molecule has 0 unspecified atom stereocenters. The molecule has 2 aromatic rings. The number of ether oxygens (including phenoxy) is 1. The van der Waals surface area contributed by atoms with Crippen LogP contribution in [0.4, 0.5) is 17.5 Å². The summed E-state index contributed by atoms with van der Waals surface area (Å²) in [5, 5.41) is 6.31. The van der Waals surface area contributed by atoms with E-state index in [1.54, 1.807) is 6.92 Å². The van der Waals surface area contributed by atoms with Gasteiger partial charge in [-0.05, 0) is 43.4 Å². The normalized spacial score (nSPS) is 18.4. The molecule has 10 heteroatoms. The molecule has 1 atom stereocenters. The molecule has 1 fully saturated rings. The average molecular weight is 472 g/mol. The number of hydrogen-bond donors (Lipinski definition) is 2. The Labute approximate surface area is 195 Å². The number of carbonyl (C=O) groups is 2. The fourth-order valence-corrected chi connectivity index (χ4v) is 5.52. The first-order valence-corrected chi connectivity index (χ1v) is 12.5. The number of aryl methyl sites for hydroxylation is 1. The molecule has 0 spiro atoms. The molecule has 0 aliphatic carbocycles. The summed E-state index contributed by atoms with van der Waals surface area (Å²) in [5.41, 5.74) is 2.48. The largest absolute Gasteiger partial charge is 0.469 e. The summed E-state index contributed by atoms with van der Waals surface area (Å²) in [4.78, 5) is 35.2. The predicted octanol–water partition coefficient (Wildman–Crippen LogP) is 2.09. The molecular formula is C23H29N5O4S. The Balaban J connectivity index is 1.56. The van der Waals surface area contributed by atoms with Crippen molar-refractivity contribution < 1.29 is 18.5 Å². The zero-order valence-corrected chi connectivity index (χ0v) is 19.7. The van der Waals surface area contributed by atoms with Gasteiger partial charge in [0.1, 0.15) is 4.90 Å². The van der Waals surface area contributed by atoms with Gasteiger partial charge in [-0.15, -0.1) is 0 Å². The molecule has 1 saturated heterocycles. The van der Waals surface area contributed by atoms with Crippen LogP contribution >= 0.6 is 0 Å². The molecule has 1 aromatic carbocycles. The van der Waals surface area contributed by atoms with Gasteiger partial charge in [0.05, 0.1) is 30.0 Å². The first-order chi connectivity index (χ1) is 15.9. The van der Waals surface area contributed by atoms with Crippen LogP contribution < -0.4 is 15.5 Å². The number of anilines is 3. The smallest absolute Gasteiger partial charge is 0.309 e. The second-order valence-corrected chi connectivity index (χ2v) is 9.85. The number of nitrogens with one attached hydrogen (secondary N) is 2. The van der Waals surface area contributed by atoms with Crippen molar-refractivity contribution in [2.75, 3.05) is 36.2 Å². The van der Waals surface area contributed by atoms with E-state index >= 15 is 0 Å². The van der Waals surface area contributed by atoms with E-state index < -0.39 is 10.8 Å². The maximum Gasteiger partial charge on any atom is 0.309 e. The summed E-state index contributed by atoms with van der Waals surface area (Å²) in [6.07, 6.45) is 3.48. The number of carbonyl (C=O) groups excluding carboxylic acids is 2. The van der Waals surface area contributed by atoms with E-state index in [4.69, 9.17) is 14.7 Å². The lowest BCUT2D eigenvalue weighted by Gasteiger charge is -2.33. The molecule has 0 saturated carbocycles. The van der Waals surface area contributed by atoms with Crippen molar-refractivity contribution in [2.45, 2.75) is 50.0 Å². The van der Waals surface area contributed by atoms with Crippen molar-refractivity contribution in [2.24, 2.45) is 0 Å². The topological polar surface area (TPSA) is 114 Å². The minimum atomic E-state index is -1.15. The van der Waals surface area contributed by atoms with E-state index in [0.29, 0.717) is 22.4 Å². The molecule has 2 N–H and O–H groups in total. The minimum absolute atomic E-state index is 0.00921. The molecule has 2 aliphatic heterocycles. The second-order valence-electron chi connectivity index (χ2n) is 8.34. The standard InChI is InChI=1S/C23H29N5O4S/c1-15(29)24-18-9-11-28(12-10-18)23-26-19-4-3-13-33(31)21(19)22(27-23)25-17-7-5-16(6-8-17)14-20(30)32-2/h5-8,18H,3-4,9-14H2,1-2H3,(H,24,29)(H,25,26,27)/t33-/m1/s1. The molecule has 176 valence electrons. The van der Waals surface area contributed by atoms with Crippen molar-refractivity contribution in [3.63, 3.8) is 0 Å². The number of hydrogen-bond acceptors (Lipinski definition) is 8. The van der Waals surface area contributed by atoms with Crippen LogP contribution in [0.1, 0.15) is 37.4 Å². The molecule has 33 heavy (non-hydrogen) atoms. The fourth-order valence-electron chi connectivity index (χ4n) is 4.18. The monoisotopic (exact) mass is 471 g/mol. The third kappa shape index (κ3) is 5.68. The quantitative estimate of drug-likeness (QED) is 0.616. The van der Waals surface area contributed by atoms with Gasteiger partial charge in [0.2, 0.25) is 11.9 Å². The van der Waals surface area contributed by atoms with Gasteiger partial charge in [-0.25, -0.2) is 4.98 Å². The summed E-state index contributed by atoms with van der Waals surface area (Å²) in [6, 6.07) is 7.63. The number of fused-ring (bicyclic) bond motifs is 1. The Bertz CT molecular complexity index is 1050. The van der Waals surface area contributed by atoms with Crippen molar-refractivity contribution >= 4 is 40.1 Å². The van der Waals surface area contributed by atoms with E-state index in [1.165, 1.54) is 7.11 Å². The van der Waals surface area contributed by atoms with E-state index in [1.807, 2.05) is 24.3 Å². The minimum Gasteiger partial charge on any atom is -0.469 e. The van der Waals surface area contributed by atoms with Gasteiger partial charge in [0.25, 0.3) is 0 Å². The lowest BCUT2D eigenvalue weighted by Crippen LogP contribution is -2.44. The summed E-state index contributed by atoms with van der Waals surface area (Å²) in [7, 11) is 0.217. The van der Waals surface area contributed by atoms with Gasteiger partial charge in [-0.3, -0.25) is 13.8 Å².